The van der Waals surface area contributed by atoms with E-state index in [1.54, 1.807) is 24.8 Å². The normalized spacial score (nSPS) is 13.9. The van der Waals surface area contributed by atoms with Gasteiger partial charge in [0.25, 0.3) is 0 Å². The number of nitrogens with one attached hydrogen (secondary N) is 2. The third-order valence-corrected chi connectivity index (χ3v) is 11.5. The summed E-state index contributed by atoms with van der Waals surface area (Å²) in [6.45, 7) is 5.58. The first-order valence-electron chi connectivity index (χ1n) is 19.6. The fourth-order valence-corrected chi connectivity index (χ4v) is 7.95. The van der Waals surface area contributed by atoms with Gasteiger partial charge < -0.3 is 20.1 Å². The molecule has 3 aromatic carbocycles. The molecule has 0 bridgehead atoms. The van der Waals surface area contributed by atoms with Crippen LogP contribution < -0.4 is 10.6 Å². The first-order chi connectivity index (χ1) is 29.5. The molecule has 1 aliphatic carbocycles. The molecule has 2 amide bonds. The first kappa shape index (κ1) is 41.9. The number of anilines is 2. The maximum atomic E-state index is 13.0. The molecule has 1 saturated heterocycles. The average molecular weight is 845 g/mol. The second kappa shape index (κ2) is 20.7. The highest BCUT2D eigenvalue weighted by atomic mass is 32.2. The van der Waals surface area contributed by atoms with Gasteiger partial charge in [-0.25, -0.2) is 0 Å². The maximum Gasteiger partial charge on any atom is 0.241 e. The van der Waals surface area contributed by atoms with E-state index in [9.17, 15) is 9.59 Å². The van der Waals surface area contributed by atoms with Crippen LogP contribution >= 0.6 is 23.5 Å². The molecule has 14 nitrogen and oxygen atoms in total. The second-order valence-electron chi connectivity index (χ2n) is 13.2. The van der Waals surface area contributed by atoms with Crippen LogP contribution in [0.4, 0.5) is 11.4 Å². The lowest BCUT2D eigenvalue weighted by molar-refractivity contribution is -0.116. The number of benzene rings is 3. The summed E-state index contributed by atoms with van der Waals surface area (Å²) >= 11 is 2.80. The molecule has 5 heterocycles. The van der Waals surface area contributed by atoms with Crippen molar-refractivity contribution in [3.63, 3.8) is 0 Å². The van der Waals surface area contributed by atoms with E-state index in [2.05, 4.69) is 41.0 Å². The van der Waals surface area contributed by atoms with Gasteiger partial charge in [-0.2, -0.15) is 0 Å². The summed E-state index contributed by atoms with van der Waals surface area (Å²) in [6.07, 6.45) is 8.19. The van der Waals surface area contributed by atoms with Gasteiger partial charge in [0, 0.05) is 55.8 Å². The first-order valence-corrected chi connectivity index (χ1v) is 21.4. The number of amides is 2. The molecule has 0 atom stereocenters. The van der Waals surface area contributed by atoms with Gasteiger partial charge in [-0.1, -0.05) is 92.0 Å². The Bertz CT molecular complexity index is 2430. The van der Waals surface area contributed by atoms with Gasteiger partial charge in [0.05, 0.1) is 25.5 Å². The smallest absolute Gasteiger partial charge is 0.241 e. The van der Waals surface area contributed by atoms with E-state index in [1.807, 2.05) is 138 Å². The van der Waals surface area contributed by atoms with Crippen LogP contribution in [0.3, 0.4) is 0 Å². The van der Waals surface area contributed by atoms with Crippen LogP contribution in [0, 0.1) is 0 Å². The Morgan fingerprint density at radius 1 is 0.700 bits per heavy atom. The Morgan fingerprint density at radius 3 is 1.83 bits per heavy atom. The van der Waals surface area contributed by atoms with Gasteiger partial charge in [0.2, 0.25) is 11.8 Å². The van der Waals surface area contributed by atoms with Crippen molar-refractivity contribution >= 4 is 46.7 Å². The van der Waals surface area contributed by atoms with Crippen molar-refractivity contribution in [2.24, 2.45) is 0 Å². The molecule has 2 N–H and O–H groups in total. The highest BCUT2D eigenvalue weighted by molar-refractivity contribution is 8.01. The lowest BCUT2D eigenvalue weighted by Gasteiger charge is -2.16. The van der Waals surface area contributed by atoms with E-state index in [0.717, 1.165) is 41.0 Å². The van der Waals surface area contributed by atoms with Crippen molar-refractivity contribution in [1.82, 2.24) is 39.5 Å². The van der Waals surface area contributed by atoms with Crippen molar-refractivity contribution in [2.45, 2.75) is 54.6 Å². The molecule has 16 heteroatoms. The Morgan fingerprint density at radius 2 is 1.25 bits per heavy atom. The van der Waals surface area contributed by atoms with Gasteiger partial charge in [0.1, 0.15) is 4.75 Å². The molecule has 4 aromatic heterocycles. The molecular weight excluding hydrogens is 797 g/mol. The standard InChI is InChI=1S/C23H19N5OS.C19H19N5O3S.C2H6.2H2/c29-21(25-18-9-3-1-4-10-18)23(13-14-23)30-22-27-26-20(17-8-7-15-24-16-17)28(22)19-11-5-2-6-12-19;25-16(21-15-6-2-1-3-7-15)13-28-19-23-22-18(14-5-4-8-20-11-14)24(19)12-17-26-9-10-27-17;1-2;;/h1-12,15-16H,13-14H2,(H,25,29);1-8,11,17H,9-10,12-13H2,(H,21,25);1-2H3;2*1H. The van der Waals surface area contributed by atoms with Crippen molar-refractivity contribution in [2.75, 3.05) is 29.6 Å². The summed E-state index contributed by atoms with van der Waals surface area (Å²) in [6, 6.07) is 36.4. The average Bonchev–Trinajstić information content (AvgIpc) is 3.56. The predicted molar refractivity (Wildman–Crippen MR) is 238 cm³/mol. The van der Waals surface area contributed by atoms with Crippen LogP contribution in [0.1, 0.15) is 29.5 Å². The van der Waals surface area contributed by atoms with Gasteiger partial charge in [-0.05, 0) is 73.5 Å². The number of carbonyl (C=O) groups excluding carboxylic acids is 2. The molecule has 60 heavy (non-hydrogen) atoms. The second-order valence-corrected chi connectivity index (χ2v) is 15.5. The number of ether oxygens (including phenoxy) is 2. The quantitative estimate of drug-likeness (QED) is 0.107. The summed E-state index contributed by atoms with van der Waals surface area (Å²) < 4.78 is 14.5. The minimum atomic E-state index is -0.526. The summed E-state index contributed by atoms with van der Waals surface area (Å²) in [5, 5.41) is 24.7. The Hall–Kier alpha value is -6.20. The molecule has 9 rings (SSSR count). The molecule has 2 aliphatic rings. The number of aromatic nitrogens is 8. The van der Waals surface area contributed by atoms with Crippen LogP contribution in [-0.4, -0.2) is 81.3 Å². The predicted octanol–water partition coefficient (Wildman–Crippen LogP) is 8.55. The number of rotatable bonds is 13. The molecule has 2 fully saturated rings. The number of thioether (sulfide) groups is 2. The lowest BCUT2D eigenvalue weighted by Crippen LogP contribution is -2.27. The van der Waals surface area contributed by atoms with Crippen LogP contribution in [0.15, 0.2) is 150 Å². The third-order valence-electron chi connectivity index (χ3n) is 9.05. The van der Waals surface area contributed by atoms with Gasteiger partial charge >= 0.3 is 0 Å². The van der Waals surface area contributed by atoms with Gasteiger partial charge in [0.15, 0.2) is 28.3 Å². The van der Waals surface area contributed by atoms with E-state index in [0.29, 0.717) is 41.7 Å². The topological polar surface area (TPSA) is 164 Å². The number of pyridine rings is 2. The molecular formula is C44H48N10O4S2. The van der Waals surface area contributed by atoms with Crippen LogP contribution in [-0.2, 0) is 25.6 Å². The monoisotopic (exact) mass is 844 g/mol. The summed E-state index contributed by atoms with van der Waals surface area (Å²) in [4.78, 5) is 33.7. The van der Waals surface area contributed by atoms with Crippen molar-refractivity contribution in [1.29, 1.82) is 0 Å². The van der Waals surface area contributed by atoms with E-state index in [-0.39, 0.29) is 26.7 Å². The van der Waals surface area contributed by atoms with E-state index in [1.165, 1.54) is 23.5 Å². The van der Waals surface area contributed by atoms with Crippen LogP contribution in [0.2, 0.25) is 0 Å². The summed E-state index contributed by atoms with van der Waals surface area (Å²) in [7, 11) is 0. The molecule has 0 spiro atoms. The summed E-state index contributed by atoms with van der Waals surface area (Å²) in [5.41, 5.74) is 4.23. The minimum absolute atomic E-state index is 0. The molecule has 1 saturated carbocycles. The van der Waals surface area contributed by atoms with Crippen molar-refractivity contribution in [3.05, 3.63) is 140 Å². The van der Waals surface area contributed by atoms with E-state index < -0.39 is 4.75 Å². The van der Waals surface area contributed by atoms with Gasteiger partial charge in [-0.3, -0.25) is 28.7 Å². The van der Waals surface area contributed by atoms with Crippen molar-refractivity contribution in [3.8, 4) is 28.5 Å². The third kappa shape index (κ3) is 10.7. The SMILES string of the molecule is CC.O=C(CSc1nnc(-c2cccnc2)n1CC1OCCO1)Nc1ccccc1.O=C(Nc1ccccc1)C1(Sc2nnc(-c3cccnc3)n2-c2ccccc2)CC1.[HH].[HH]. The zero-order valence-corrected chi connectivity index (χ0v) is 34.8. The van der Waals surface area contributed by atoms with Gasteiger partial charge in [-0.15, -0.1) is 20.4 Å². The van der Waals surface area contributed by atoms with E-state index >= 15 is 0 Å². The molecule has 1 aliphatic heterocycles. The molecule has 0 unspecified atom stereocenters. The fourth-order valence-electron chi connectivity index (χ4n) is 6.04. The maximum absolute atomic E-state index is 13.0. The Labute approximate surface area is 359 Å². The zero-order chi connectivity index (χ0) is 41.6. The minimum Gasteiger partial charge on any atom is -0.348 e. The van der Waals surface area contributed by atoms with E-state index in [4.69, 9.17) is 9.47 Å². The highest BCUT2D eigenvalue weighted by Crippen LogP contribution is 2.52. The molecule has 0 radical (unpaired) electrons. The lowest BCUT2D eigenvalue weighted by atomic mass is 10.2. The summed E-state index contributed by atoms with van der Waals surface area (Å²) in [5.74, 6) is 1.48. The number of hydrogen-bond acceptors (Lipinski definition) is 12. The number of nitrogens with zero attached hydrogens (tertiary/aromatic N) is 8. The van der Waals surface area contributed by atoms with Crippen molar-refractivity contribution < 1.29 is 21.9 Å². The molecule has 310 valence electrons. The largest absolute Gasteiger partial charge is 0.348 e. The highest BCUT2D eigenvalue weighted by Gasteiger charge is 2.52. The fraction of sp³-hybridized carbons (Fsp3) is 0.227. The zero-order valence-electron chi connectivity index (χ0n) is 33.1. The van der Waals surface area contributed by atoms with Crippen LogP contribution in [0.25, 0.3) is 28.5 Å². The Kier molecular flexibility index (Phi) is 14.4. The number of para-hydroxylation sites is 3. The van der Waals surface area contributed by atoms with Crippen LogP contribution in [0.5, 0.6) is 0 Å². The number of hydrogen-bond donors (Lipinski definition) is 2. The molecule has 7 aromatic rings. The Balaban J connectivity index is 0.000000219. The number of carbonyl (C=O) groups is 2.